The van der Waals surface area contributed by atoms with Gasteiger partial charge >= 0.3 is 0 Å². The minimum Gasteiger partial charge on any atom is -0.353 e. The van der Waals surface area contributed by atoms with E-state index in [1.54, 1.807) is 0 Å². The van der Waals surface area contributed by atoms with Crippen molar-refractivity contribution in [3.05, 3.63) is 99.5 Å². The minimum absolute atomic E-state index is 0.00536. The van der Waals surface area contributed by atoms with Gasteiger partial charge in [-0.15, -0.1) is 0 Å². The van der Waals surface area contributed by atoms with E-state index in [1.165, 1.54) is 27.3 Å². The maximum absolute atomic E-state index is 12.8. The summed E-state index contributed by atoms with van der Waals surface area (Å²) in [5.74, 6) is 0.257. The first-order chi connectivity index (χ1) is 16.0. The van der Waals surface area contributed by atoms with Crippen molar-refractivity contribution in [2.75, 3.05) is 13.1 Å². The highest BCUT2D eigenvalue weighted by Crippen LogP contribution is 2.27. The van der Waals surface area contributed by atoms with Gasteiger partial charge < -0.3 is 10.2 Å². The average Bonchev–Trinajstić information content (AvgIpc) is 3.22. The van der Waals surface area contributed by atoms with Gasteiger partial charge in [0.2, 0.25) is 5.91 Å². The zero-order chi connectivity index (χ0) is 23.2. The normalized spacial score (nSPS) is 16.8. The van der Waals surface area contributed by atoms with E-state index in [2.05, 4.69) is 60.8 Å². The van der Waals surface area contributed by atoms with Crippen LogP contribution in [0.4, 0.5) is 5.69 Å². The van der Waals surface area contributed by atoms with E-state index in [0.717, 1.165) is 37.4 Å². The number of hydrogen-bond acceptors (Lipinski definition) is 1. The third-order valence-corrected chi connectivity index (χ3v) is 7.14. The van der Waals surface area contributed by atoms with Crippen molar-refractivity contribution < 1.29 is 9.69 Å². The van der Waals surface area contributed by atoms with E-state index in [-0.39, 0.29) is 17.9 Å². The Balaban J connectivity index is 1.35. The van der Waals surface area contributed by atoms with Crippen molar-refractivity contribution >= 4 is 34.8 Å². The molecule has 1 aliphatic heterocycles. The summed E-state index contributed by atoms with van der Waals surface area (Å²) in [4.78, 5) is 14.3. The van der Waals surface area contributed by atoms with Crippen molar-refractivity contribution in [3.8, 4) is 0 Å². The average molecular weight is 482 g/mol. The molecule has 0 bridgehead atoms. The van der Waals surface area contributed by atoms with E-state index in [4.69, 9.17) is 23.2 Å². The van der Waals surface area contributed by atoms with Crippen molar-refractivity contribution in [3.63, 3.8) is 0 Å². The topological polar surface area (TPSA) is 33.5 Å². The van der Waals surface area contributed by atoms with Gasteiger partial charge in [0.1, 0.15) is 5.69 Å². The van der Waals surface area contributed by atoms with Crippen LogP contribution in [-0.2, 0) is 17.6 Å². The molecule has 4 rings (SSSR count). The highest BCUT2D eigenvalue weighted by atomic mass is 35.5. The lowest BCUT2D eigenvalue weighted by Gasteiger charge is -2.26. The molecule has 5 heteroatoms. The molecule has 172 valence electrons. The van der Waals surface area contributed by atoms with Crippen LogP contribution in [0.5, 0.6) is 0 Å². The van der Waals surface area contributed by atoms with E-state index in [9.17, 15) is 4.79 Å². The van der Waals surface area contributed by atoms with Crippen LogP contribution in [-0.4, -0.2) is 25.0 Å². The summed E-state index contributed by atoms with van der Waals surface area (Å²) in [6.45, 7) is 4.20. The second-order valence-corrected chi connectivity index (χ2v) is 9.83. The van der Waals surface area contributed by atoms with Crippen molar-refractivity contribution in [1.29, 1.82) is 0 Å². The quantitative estimate of drug-likeness (QED) is 0.422. The first kappa shape index (κ1) is 23.8. The van der Waals surface area contributed by atoms with Gasteiger partial charge in [-0.1, -0.05) is 65.7 Å². The van der Waals surface area contributed by atoms with E-state index in [1.807, 2.05) is 24.3 Å². The summed E-state index contributed by atoms with van der Waals surface area (Å²) in [6, 6.07) is 24.5. The fourth-order valence-corrected chi connectivity index (χ4v) is 5.07. The Bertz CT molecular complexity index is 1070. The highest BCUT2D eigenvalue weighted by molar-refractivity contribution is 6.30. The second-order valence-electron chi connectivity index (χ2n) is 8.96. The Morgan fingerprint density at radius 3 is 2.36 bits per heavy atom. The summed E-state index contributed by atoms with van der Waals surface area (Å²) in [6.07, 6.45) is 3.37. The maximum atomic E-state index is 12.8. The van der Waals surface area contributed by atoms with Gasteiger partial charge in [0.05, 0.1) is 13.1 Å². The lowest BCUT2D eigenvalue weighted by Crippen LogP contribution is -3.06. The molecular formula is C28H31Cl2N2O+. The molecule has 1 heterocycles. The van der Waals surface area contributed by atoms with Gasteiger partial charge in [0, 0.05) is 46.8 Å². The fraction of sp³-hybridized carbons (Fsp3) is 0.321. The molecule has 2 N–H and O–H groups in total. The van der Waals surface area contributed by atoms with Crippen LogP contribution in [0.1, 0.15) is 42.4 Å². The standard InChI is InChI=1S/C28H30Cl2N2O/c1-20(31-28(33)7-4-17-32-18-16-23-5-2-3-6-27(23)32)26(22-10-14-25(30)15-11-22)19-21-8-12-24(29)13-9-21/h2-3,5-6,8-15,20,26H,4,7,16-19H2,1H3,(H,31,33)/p+1/t20-,26+/m1/s1. The molecule has 0 aliphatic carbocycles. The number of amides is 1. The molecule has 3 aromatic rings. The summed E-state index contributed by atoms with van der Waals surface area (Å²) >= 11 is 12.2. The zero-order valence-electron chi connectivity index (χ0n) is 19.0. The van der Waals surface area contributed by atoms with Crippen molar-refractivity contribution in [1.82, 2.24) is 5.32 Å². The van der Waals surface area contributed by atoms with Gasteiger partial charge in [0.15, 0.2) is 0 Å². The molecule has 1 aliphatic rings. The number of rotatable bonds is 9. The number of halogens is 2. The fourth-order valence-electron chi connectivity index (χ4n) is 4.82. The molecular weight excluding hydrogens is 451 g/mol. The molecule has 0 spiro atoms. The van der Waals surface area contributed by atoms with Crippen LogP contribution in [0.2, 0.25) is 10.0 Å². The predicted octanol–water partition coefficient (Wildman–Crippen LogP) is 5.38. The highest BCUT2D eigenvalue weighted by Gasteiger charge is 2.25. The lowest BCUT2D eigenvalue weighted by molar-refractivity contribution is -0.826. The molecule has 1 unspecified atom stereocenters. The predicted molar refractivity (Wildman–Crippen MR) is 137 cm³/mol. The molecule has 3 atom stereocenters. The lowest BCUT2D eigenvalue weighted by atomic mass is 9.86. The Hall–Kier alpha value is -2.33. The Morgan fingerprint density at radius 2 is 1.64 bits per heavy atom. The van der Waals surface area contributed by atoms with Crippen LogP contribution in [0, 0.1) is 0 Å². The van der Waals surface area contributed by atoms with Crippen LogP contribution in [0.25, 0.3) is 0 Å². The first-order valence-corrected chi connectivity index (χ1v) is 12.5. The number of hydrogen-bond donors (Lipinski definition) is 2. The number of fused-ring (bicyclic) bond motifs is 1. The molecule has 3 nitrogen and oxygen atoms in total. The molecule has 1 amide bonds. The van der Waals surface area contributed by atoms with Crippen LogP contribution >= 0.6 is 23.2 Å². The van der Waals surface area contributed by atoms with E-state index < -0.39 is 0 Å². The summed E-state index contributed by atoms with van der Waals surface area (Å²) in [5.41, 5.74) is 5.20. The van der Waals surface area contributed by atoms with Crippen LogP contribution in [0.3, 0.4) is 0 Å². The number of quaternary nitrogens is 1. The van der Waals surface area contributed by atoms with Crippen LogP contribution < -0.4 is 10.2 Å². The number of carbonyl (C=O) groups is 1. The molecule has 0 saturated heterocycles. The van der Waals surface area contributed by atoms with Gasteiger partial charge in [-0.2, -0.15) is 0 Å². The monoisotopic (exact) mass is 481 g/mol. The molecule has 0 fully saturated rings. The molecule has 0 radical (unpaired) electrons. The molecule has 3 aromatic carbocycles. The third kappa shape index (κ3) is 6.38. The number of nitrogens with one attached hydrogen (secondary N) is 2. The first-order valence-electron chi connectivity index (χ1n) is 11.7. The van der Waals surface area contributed by atoms with Crippen molar-refractivity contribution in [2.24, 2.45) is 0 Å². The number of para-hydroxylation sites is 1. The smallest absolute Gasteiger partial charge is 0.220 e. The third-order valence-electron chi connectivity index (χ3n) is 6.64. The Labute approximate surface area is 206 Å². The minimum atomic E-state index is -0.00536. The second kappa shape index (κ2) is 11.2. The summed E-state index contributed by atoms with van der Waals surface area (Å²) in [7, 11) is 0. The summed E-state index contributed by atoms with van der Waals surface area (Å²) in [5, 5.41) is 4.70. The van der Waals surface area contributed by atoms with Gasteiger partial charge in [-0.25, -0.2) is 0 Å². The Kier molecular flexibility index (Phi) is 8.08. The van der Waals surface area contributed by atoms with Gasteiger partial charge in [0.25, 0.3) is 0 Å². The summed E-state index contributed by atoms with van der Waals surface area (Å²) < 4.78 is 0. The van der Waals surface area contributed by atoms with E-state index >= 15 is 0 Å². The van der Waals surface area contributed by atoms with Crippen LogP contribution in [0.15, 0.2) is 72.8 Å². The molecule has 33 heavy (non-hydrogen) atoms. The Morgan fingerprint density at radius 1 is 0.970 bits per heavy atom. The van der Waals surface area contributed by atoms with Gasteiger partial charge in [-0.3, -0.25) is 4.79 Å². The largest absolute Gasteiger partial charge is 0.353 e. The molecule has 0 aromatic heterocycles. The van der Waals surface area contributed by atoms with Gasteiger partial charge in [-0.05, 0) is 54.8 Å². The number of benzene rings is 3. The molecule has 0 saturated carbocycles. The van der Waals surface area contributed by atoms with Crippen molar-refractivity contribution in [2.45, 2.75) is 44.6 Å². The maximum Gasteiger partial charge on any atom is 0.220 e. The number of carbonyl (C=O) groups excluding carboxylic acids is 1. The zero-order valence-corrected chi connectivity index (χ0v) is 20.5. The SMILES string of the molecule is C[C@@H](NC(=O)CCC[NH+]1CCc2ccccc21)[C@H](Cc1ccc(Cl)cc1)c1ccc(Cl)cc1. The van der Waals surface area contributed by atoms with E-state index in [0.29, 0.717) is 11.4 Å².